The molecule has 2 fully saturated rings. The lowest BCUT2D eigenvalue weighted by Gasteiger charge is -2.37. The van der Waals surface area contributed by atoms with Crippen molar-refractivity contribution in [2.24, 2.45) is 4.99 Å². The number of carbonyl (C=O) groups is 1. The Morgan fingerprint density at radius 2 is 2.17 bits per heavy atom. The van der Waals surface area contributed by atoms with Crippen LogP contribution in [0.5, 0.6) is 0 Å². The van der Waals surface area contributed by atoms with Crippen molar-refractivity contribution in [3.63, 3.8) is 0 Å². The van der Waals surface area contributed by atoms with Crippen molar-refractivity contribution in [3.8, 4) is 0 Å². The minimum absolute atomic E-state index is 0.102. The molecule has 2 unspecified atom stereocenters. The van der Waals surface area contributed by atoms with E-state index in [1.54, 1.807) is 11.3 Å². The van der Waals surface area contributed by atoms with Gasteiger partial charge >= 0.3 is 0 Å². The molecular weight excluding hydrogens is 388 g/mol. The summed E-state index contributed by atoms with van der Waals surface area (Å²) in [4.78, 5) is 23.1. The summed E-state index contributed by atoms with van der Waals surface area (Å²) in [5.74, 6) is 1.08. The van der Waals surface area contributed by atoms with Gasteiger partial charge in [0.05, 0.1) is 19.3 Å². The highest BCUT2D eigenvalue weighted by atomic mass is 32.1. The second kappa shape index (κ2) is 9.91. The maximum atomic E-state index is 12.7. The van der Waals surface area contributed by atoms with E-state index in [-0.39, 0.29) is 18.1 Å². The highest BCUT2D eigenvalue weighted by Gasteiger charge is 2.32. The zero-order chi connectivity index (χ0) is 20.1. The van der Waals surface area contributed by atoms with E-state index in [4.69, 9.17) is 14.5 Å². The van der Waals surface area contributed by atoms with Crippen LogP contribution in [0.4, 0.5) is 0 Å². The van der Waals surface area contributed by atoms with Gasteiger partial charge in [-0.15, -0.1) is 11.3 Å². The quantitative estimate of drug-likeness (QED) is 0.582. The Bertz CT molecular complexity index is 717. The first-order chi connectivity index (χ1) is 14.2. The van der Waals surface area contributed by atoms with Gasteiger partial charge in [0.15, 0.2) is 5.96 Å². The first kappa shape index (κ1) is 20.6. The van der Waals surface area contributed by atoms with Crippen LogP contribution in [0.2, 0.25) is 0 Å². The number of morpholine rings is 1. The molecule has 1 N–H and O–H groups in total. The number of nitrogens with one attached hydrogen (secondary N) is 1. The number of thiophene rings is 1. The van der Waals surface area contributed by atoms with Crippen molar-refractivity contribution in [2.75, 3.05) is 45.9 Å². The Morgan fingerprint density at radius 1 is 1.28 bits per heavy atom. The van der Waals surface area contributed by atoms with Crippen molar-refractivity contribution in [1.82, 2.24) is 15.1 Å². The fraction of sp³-hybridized carbons (Fsp3) is 0.714. The summed E-state index contributed by atoms with van der Waals surface area (Å²) in [5, 5.41) is 5.51. The van der Waals surface area contributed by atoms with E-state index < -0.39 is 0 Å². The van der Waals surface area contributed by atoms with Gasteiger partial charge in [-0.25, -0.2) is 0 Å². The first-order valence-electron chi connectivity index (χ1n) is 10.8. The first-order valence-corrected chi connectivity index (χ1v) is 11.7. The fourth-order valence-corrected chi connectivity index (χ4v) is 5.18. The summed E-state index contributed by atoms with van der Waals surface area (Å²) < 4.78 is 11.8. The maximum Gasteiger partial charge on any atom is 0.224 e. The van der Waals surface area contributed by atoms with Gasteiger partial charge in [0, 0.05) is 50.6 Å². The fourth-order valence-electron chi connectivity index (χ4n) is 4.29. The standard InChI is InChI=1S/C21H32N4O3S/c1-2-22-21(25-10-12-28-18(15-25)17-4-3-11-27-17)23-8-5-20(26)24-9-6-19-16(14-24)7-13-29-19/h7,13,17-18H,2-6,8-12,14-15H2,1H3,(H,22,23). The molecule has 1 aromatic heterocycles. The van der Waals surface area contributed by atoms with Crippen LogP contribution in [0, 0.1) is 0 Å². The molecule has 1 aromatic rings. The zero-order valence-electron chi connectivity index (χ0n) is 17.3. The molecule has 29 heavy (non-hydrogen) atoms. The molecule has 3 aliphatic rings. The van der Waals surface area contributed by atoms with Gasteiger partial charge in [0.2, 0.25) is 5.91 Å². The minimum atomic E-state index is 0.102. The van der Waals surface area contributed by atoms with Gasteiger partial charge in [-0.2, -0.15) is 0 Å². The van der Waals surface area contributed by atoms with Crippen molar-refractivity contribution in [3.05, 3.63) is 21.9 Å². The van der Waals surface area contributed by atoms with Gasteiger partial charge in [-0.05, 0) is 43.2 Å². The average Bonchev–Trinajstić information content (AvgIpc) is 3.44. The van der Waals surface area contributed by atoms with Crippen molar-refractivity contribution >= 4 is 23.2 Å². The molecule has 0 bridgehead atoms. The number of carbonyl (C=O) groups excluding carboxylic acids is 1. The molecule has 4 rings (SSSR count). The van der Waals surface area contributed by atoms with Gasteiger partial charge in [-0.1, -0.05) is 0 Å². The van der Waals surface area contributed by atoms with Crippen LogP contribution in [-0.2, 0) is 27.2 Å². The molecule has 8 heteroatoms. The van der Waals surface area contributed by atoms with Crippen molar-refractivity contribution in [2.45, 2.75) is 51.4 Å². The molecule has 0 aromatic carbocycles. The van der Waals surface area contributed by atoms with Crippen molar-refractivity contribution < 1.29 is 14.3 Å². The van der Waals surface area contributed by atoms with Crippen LogP contribution < -0.4 is 5.32 Å². The summed E-state index contributed by atoms with van der Waals surface area (Å²) in [6, 6.07) is 2.14. The number of fused-ring (bicyclic) bond motifs is 1. The predicted molar refractivity (Wildman–Crippen MR) is 114 cm³/mol. The van der Waals surface area contributed by atoms with E-state index in [0.717, 1.165) is 64.6 Å². The number of hydrogen-bond donors (Lipinski definition) is 1. The SMILES string of the molecule is CCNC(=NCCC(=O)N1CCc2sccc2C1)N1CCOC(C2CCCO2)C1. The Morgan fingerprint density at radius 3 is 3.00 bits per heavy atom. The van der Waals surface area contributed by atoms with E-state index in [2.05, 4.69) is 28.6 Å². The number of aliphatic imine (C=N–C) groups is 1. The number of guanidine groups is 1. The van der Waals surface area contributed by atoms with Crippen LogP contribution in [0.15, 0.2) is 16.4 Å². The Labute approximate surface area is 177 Å². The van der Waals surface area contributed by atoms with Crippen LogP contribution in [0.3, 0.4) is 0 Å². The second-order valence-electron chi connectivity index (χ2n) is 7.83. The number of rotatable bonds is 5. The molecule has 0 spiro atoms. The lowest BCUT2D eigenvalue weighted by atomic mass is 10.1. The van der Waals surface area contributed by atoms with E-state index >= 15 is 0 Å². The lowest BCUT2D eigenvalue weighted by Crippen LogP contribution is -2.53. The number of amides is 1. The van der Waals surface area contributed by atoms with Gasteiger partial charge in [0.1, 0.15) is 6.10 Å². The number of nitrogens with zero attached hydrogens (tertiary/aromatic N) is 3. The third-order valence-corrected chi connectivity index (χ3v) is 6.88. The number of hydrogen-bond acceptors (Lipinski definition) is 5. The van der Waals surface area contributed by atoms with Gasteiger partial charge in [0.25, 0.3) is 0 Å². The van der Waals surface area contributed by atoms with Crippen LogP contribution in [-0.4, -0.2) is 79.8 Å². The van der Waals surface area contributed by atoms with E-state index in [1.807, 2.05) is 4.90 Å². The Kier molecular flexibility index (Phi) is 7.05. The highest BCUT2D eigenvalue weighted by Crippen LogP contribution is 2.24. The van der Waals surface area contributed by atoms with Crippen LogP contribution in [0.25, 0.3) is 0 Å². The highest BCUT2D eigenvalue weighted by molar-refractivity contribution is 7.10. The van der Waals surface area contributed by atoms with Crippen molar-refractivity contribution in [1.29, 1.82) is 0 Å². The normalized spacial score (nSPS) is 25.2. The van der Waals surface area contributed by atoms with E-state index in [1.165, 1.54) is 10.4 Å². The molecule has 0 aliphatic carbocycles. The van der Waals surface area contributed by atoms with Gasteiger partial charge in [-0.3, -0.25) is 9.79 Å². The predicted octanol–water partition coefficient (Wildman–Crippen LogP) is 1.87. The molecule has 3 aliphatic heterocycles. The zero-order valence-corrected chi connectivity index (χ0v) is 18.1. The topological polar surface area (TPSA) is 66.4 Å². The second-order valence-corrected chi connectivity index (χ2v) is 8.83. The lowest BCUT2D eigenvalue weighted by molar-refractivity contribution is -0.131. The summed E-state index contributed by atoms with van der Waals surface area (Å²) in [6.45, 7) is 8.09. The third kappa shape index (κ3) is 5.10. The smallest absolute Gasteiger partial charge is 0.224 e. The molecule has 1 amide bonds. The van der Waals surface area contributed by atoms with E-state index in [9.17, 15) is 4.79 Å². The third-order valence-electron chi connectivity index (χ3n) is 5.86. The molecule has 2 saturated heterocycles. The molecule has 7 nitrogen and oxygen atoms in total. The maximum absolute atomic E-state index is 12.7. The Hall–Kier alpha value is -1.64. The summed E-state index contributed by atoms with van der Waals surface area (Å²) in [5.41, 5.74) is 1.31. The molecular formula is C21H32N4O3S. The van der Waals surface area contributed by atoms with E-state index in [0.29, 0.717) is 19.6 Å². The molecule has 0 saturated carbocycles. The van der Waals surface area contributed by atoms with Crippen LogP contribution in [0.1, 0.15) is 36.6 Å². The molecule has 4 heterocycles. The van der Waals surface area contributed by atoms with Crippen LogP contribution >= 0.6 is 11.3 Å². The molecule has 160 valence electrons. The monoisotopic (exact) mass is 420 g/mol. The Balaban J connectivity index is 1.30. The minimum Gasteiger partial charge on any atom is -0.375 e. The summed E-state index contributed by atoms with van der Waals surface area (Å²) in [7, 11) is 0. The molecule has 0 radical (unpaired) electrons. The average molecular weight is 421 g/mol. The number of ether oxygens (including phenoxy) is 2. The largest absolute Gasteiger partial charge is 0.375 e. The van der Waals surface area contributed by atoms with Gasteiger partial charge < -0.3 is 24.6 Å². The molecule has 2 atom stereocenters. The summed E-state index contributed by atoms with van der Waals surface area (Å²) in [6.07, 6.45) is 3.91. The summed E-state index contributed by atoms with van der Waals surface area (Å²) >= 11 is 1.80.